The van der Waals surface area contributed by atoms with E-state index in [0.29, 0.717) is 21.4 Å². The van der Waals surface area contributed by atoms with Crippen molar-refractivity contribution in [3.8, 4) is 10.4 Å². The van der Waals surface area contributed by atoms with Crippen LogP contribution in [0.1, 0.15) is 16.6 Å². The molecule has 0 saturated heterocycles. The molecule has 0 aliphatic rings. The summed E-state index contributed by atoms with van der Waals surface area (Å²) in [6.07, 6.45) is 0. The van der Waals surface area contributed by atoms with E-state index in [2.05, 4.69) is 10.3 Å². The maximum atomic E-state index is 12.5. The van der Waals surface area contributed by atoms with Gasteiger partial charge in [0.15, 0.2) is 5.58 Å². The minimum atomic E-state index is -0.452. The Morgan fingerprint density at radius 1 is 1.13 bits per heavy atom. The van der Waals surface area contributed by atoms with Gasteiger partial charge in [0.05, 0.1) is 18.0 Å². The van der Waals surface area contributed by atoms with Gasteiger partial charge in [-0.25, -0.2) is 9.78 Å². The smallest absolute Gasteiger partial charge is 0.350 e. The minimum Gasteiger partial charge on any atom is -0.462 e. The third-order valence-electron chi connectivity index (χ3n) is 4.13. The van der Waals surface area contributed by atoms with E-state index < -0.39 is 5.97 Å². The molecule has 2 aromatic heterocycles. The summed E-state index contributed by atoms with van der Waals surface area (Å²) < 4.78 is 10.8. The highest BCUT2D eigenvalue weighted by atomic mass is 32.2. The molecular formula is C22H18N2O4S2. The molecule has 2 heterocycles. The number of amides is 1. The number of nitrogens with one attached hydrogen (secondary N) is 1. The van der Waals surface area contributed by atoms with Gasteiger partial charge in [-0.3, -0.25) is 4.79 Å². The molecule has 0 spiro atoms. The van der Waals surface area contributed by atoms with Gasteiger partial charge >= 0.3 is 5.97 Å². The van der Waals surface area contributed by atoms with Gasteiger partial charge in [0.25, 0.3) is 5.22 Å². The average molecular weight is 439 g/mol. The predicted molar refractivity (Wildman–Crippen MR) is 119 cm³/mol. The Kier molecular flexibility index (Phi) is 6.15. The summed E-state index contributed by atoms with van der Waals surface area (Å²) in [4.78, 5) is 30.5. The minimum absolute atomic E-state index is 0.103. The van der Waals surface area contributed by atoms with Crippen LogP contribution in [-0.4, -0.2) is 29.2 Å². The Hall–Kier alpha value is -3.10. The van der Waals surface area contributed by atoms with Crippen LogP contribution in [0.4, 0.5) is 5.69 Å². The topological polar surface area (TPSA) is 81.4 Å². The number of thioether (sulfide) groups is 1. The van der Waals surface area contributed by atoms with E-state index in [1.54, 1.807) is 13.0 Å². The number of esters is 1. The van der Waals surface area contributed by atoms with Gasteiger partial charge in [0.1, 0.15) is 10.4 Å². The third-order valence-corrected chi connectivity index (χ3v) is 6.12. The summed E-state index contributed by atoms with van der Waals surface area (Å²) >= 11 is 2.49. The fourth-order valence-corrected chi connectivity index (χ4v) is 4.45. The second kappa shape index (κ2) is 9.15. The molecule has 0 bridgehead atoms. The summed E-state index contributed by atoms with van der Waals surface area (Å²) in [6.45, 7) is 2.01. The Morgan fingerprint density at radius 2 is 1.90 bits per heavy atom. The van der Waals surface area contributed by atoms with Crippen LogP contribution in [0.3, 0.4) is 0 Å². The van der Waals surface area contributed by atoms with Crippen LogP contribution in [-0.2, 0) is 9.53 Å². The number of nitrogens with zero attached hydrogens (tertiary/aromatic N) is 1. The molecule has 1 N–H and O–H groups in total. The van der Waals surface area contributed by atoms with Crippen molar-refractivity contribution in [3.05, 3.63) is 65.5 Å². The van der Waals surface area contributed by atoms with Crippen molar-refractivity contribution in [2.45, 2.75) is 12.1 Å². The second-order valence-electron chi connectivity index (χ2n) is 6.22. The van der Waals surface area contributed by atoms with Crippen LogP contribution in [0.2, 0.25) is 0 Å². The zero-order valence-electron chi connectivity index (χ0n) is 16.1. The van der Waals surface area contributed by atoms with E-state index in [1.807, 2.05) is 54.6 Å². The van der Waals surface area contributed by atoms with Gasteiger partial charge in [-0.05, 0) is 30.7 Å². The lowest BCUT2D eigenvalue weighted by molar-refractivity contribution is -0.113. The van der Waals surface area contributed by atoms with Crippen molar-refractivity contribution < 1.29 is 18.7 Å². The maximum absolute atomic E-state index is 12.5. The Morgan fingerprint density at radius 3 is 2.67 bits per heavy atom. The van der Waals surface area contributed by atoms with E-state index in [0.717, 1.165) is 16.0 Å². The molecule has 0 fully saturated rings. The van der Waals surface area contributed by atoms with Gasteiger partial charge in [-0.2, -0.15) is 0 Å². The van der Waals surface area contributed by atoms with E-state index in [1.165, 1.54) is 23.1 Å². The summed E-state index contributed by atoms with van der Waals surface area (Å²) in [6, 6.07) is 18.9. The molecule has 0 atom stereocenters. The molecule has 6 nitrogen and oxygen atoms in total. The van der Waals surface area contributed by atoms with Crippen LogP contribution in [0, 0.1) is 0 Å². The van der Waals surface area contributed by atoms with Gasteiger partial charge < -0.3 is 14.5 Å². The van der Waals surface area contributed by atoms with Crippen LogP contribution < -0.4 is 5.32 Å². The first-order chi connectivity index (χ1) is 14.6. The van der Waals surface area contributed by atoms with E-state index in [-0.39, 0.29) is 18.3 Å². The number of anilines is 1. The van der Waals surface area contributed by atoms with Crippen molar-refractivity contribution in [3.63, 3.8) is 0 Å². The van der Waals surface area contributed by atoms with Crippen molar-refractivity contribution in [2.24, 2.45) is 0 Å². The van der Waals surface area contributed by atoms with E-state index in [9.17, 15) is 9.59 Å². The van der Waals surface area contributed by atoms with Crippen molar-refractivity contribution in [1.29, 1.82) is 0 Å². The van der Waals surface area contributed by atoms with Crippen molar-refractivity contribution in [2.75, 3.05) is 17.7 Å². The fraction of sp³-hybridized carbons (Fsp3) is 0.136. The molecule has 0 saturated carbocycles. The average Bonchev–Trinajstić information content (AvgIpc) is 3.37. The number of thiophene rings is 1. The standard InChI is InChI=1S/C22H18N2O4S2/c1-2-27-21(26)20-16(12-18(30-20)14-8-4-3-5-9-14)23-19(25)13-29-22-24-15-10-6-7-11-17(15)28-22/h3-12H,2,13H2,1H3,(H,23,25). The van der Waals surface area contributed by atoms with Gasteiger partial charge in [-0.1, -0.05) is 54.2 Å². The molecule has 0 aliphatic carbocycles. The number of aromatic nitrogens is 1. The summed E-state index contributed by atoms with van der Waals surface area (Å²) in [5.41, 5.74) is 2.83. The molecule has 1 amide bonds. The predicted octanol–water partition coefficient (Wildman–Crippen LogP) is 5.46. The zero-order chi connectivity index (χ0) is 20.9. The Bertz CT molecular complexity index is 1150. The highest BCUT2D eigenvalue weighted by Crippen LogP contribution is 2.35. The Balaban J connectivity index is 1.49. The zero-order valence-corrected chi connectivity index (χ0v) is 17.7. The number of carbonyl (C=O) groups excluding carboxylic acids is 2. The van der Waals surface area contributed by atoms with Crippen LogP contribution in [0.15, 0.2) is 70.3 Å². The first kappa shape index (κ1) is 20.2. The molecule has 0 unspecified atom stereocenters. The molecule has 8 heteroatoms. The lowest BCUT2D eigenvalue weighted by Gasteiger charge is -2.05. The molecule has 30 heavy (non-hydrogen) atoms. The fourth-order valence-electron chi connectivity index (χ4n) is 2.80. The quantitative estimate of drug-likeness (QED) is 0.305. The molecule has 0 radical (unpaired) electrons. The third kappa shape index (κ3) is 4.55. The van der Waals surface area contributed by atoms with Crippen LogP contribution >= 0.6 is 23.1 Å². The van der Waals surface area contributed by atoms with E-state index in [4.69, 9.17) is 9.15 Å². The number of oxazole rings is 1. The molecular weight excluding hydrogens is 420 g/mol. The molecule has 152 valence electrons. The Labute approximate surface area is 181 Å². The van der Waals surface area contributed by atoms with Crippen molar-refractivity contribution in [1.82, 2.24) is 4.98 Å². The summed E-state index contributed by atoms with van der Waals surface area (Å²) in [5.74, 6) is -0.609. The van der Waals surface area contributed by atoms with E-state index >= 15 is 0 Å². The number of para-hydroxylation sites is 2. The van der Waals surface area contributed by atoms with Gasteiger partial charge in [0, 0.05) is 4.88 Å². The number of carbonyl (C=O) groups is 2. The number of ether oxygens (including phenoxy) is 1. The van der Waals surface area contributed by atoms with Crippen LogP contribution in [0.5, 0.6) is 0 Å². The molecule has 4 rings (SSSR count). The van der Waals surface area contributed by atoms with Gasteiger partial charge in [-0.15, -0.1) is 11.3 Å². The molecule has 4 aromatic rings. The number of fused-ring (bicyclic) bond motifs is 1. The highest BCUT2D eigenvalue weighted by Gasteiger charge is 2.20. The first-order valence-electron chi connectivity index (χ1n) is 9.28. The molecule has 2 aromatic carbocycles. The lowest BCUT2D eigenvalue weighted by atomic mass is 10.2. The number of rotatable bonds is 7. The summed E-state index contributed by atoms with van der Waals surface area (Å²) in [7, 11) is 0. The SMILES string of the molecule is CCOC(=O)c1sc(-c2ccccc2)cc1NC(=O)CSc1nc2ccccc2o1. The monoisotopic (exact) mass is 438 g/mol. The maximum Gasteiger partial charge on any atom is 0.350 e. The number of hydrogen-bond acceptors (Lipinski definition) is 7. The lowest BCUT2D eigenvalue weighted by Crippen LogP contribution is -2.16. The highest BCUT2D eigenvalue weighted by molar-refractivity contribution is 7.99. The molecule has 0 aliphatic heterocycles. The van der Waals surface area contributed by atoms with Gasteiger partial charge in [0.2, 0.25) is 5.91 Å². The van der Waals surface area contributed by atoms with Crippen molar-refractivity contribution >= 4 is 51.8 Å². The normalized spacial score (nSPS) is 10.8. The largest absolute Gasteiger partial charge is 0.462 e. The summed E-state index contributed by atoms with van der Waals surface area (Å²) in [5, 5.41) is 3.25. The first-order valence-corrected chi connectivity index (χ1v) is 11.1. The number of benzene rings is 2. The second-order valence-corrected chi connectivity index (χ2v) is 8.20. The van der Waals surface area contributed by atoms with Crippen LogP contribution in [0.25, 0.3) is 21.5 Å². The number of hydrogen-bond donors (Lipinski definition) is 1.